The van der Waals surface area contributed by atoms with Crippen LogP contribution in [0, 0.1) is 22.7 Å². The monoisotopic (exact) mass is 260 g/mol. The smallest absolute Gasteiger partial charge is 0.237 e. The lowest BCUT2D eigenvalue weighted by Gasteiger charge is -2.26. The van der Waals surface area contributed by atoms with Crippen LogP contribution >= 0.6 is 0 Å². The highest BCUT2D eigenvalue weighted by Gasteiger charge is 2.55. The van der Waals surface area contributed by atoms with E-state index < -0.39 is 11.5 Å². The van der Waals surface area contributed by atoms with Crippen molar-refractivity contribution in [1.29, 1.82) is 5.26 Å². The summed E-state index contributed by atoms with van der Waals surface area (Å²) in [6.45, 7) is 0. The van der Waals surface area contributed by atoms with Crippen LogP contribution in [0.15, 0.2) is 0 Å². The van der Waals surface area contributed by atoms with Crippen molar-refractivity contribution >= 4 is 11.8 Å². The van der Waals surface area contributed by atoms with Crippen LogP contribution in [0.2, 0.25) is 0 Å². The van der Waals surface area contributed by atoms with Crippen LogP contribution in [-0.4, -0.2) is 22.8 Å². The first-order chi connectivity index (χ1) is 9.18. The summed E-state index contributed by atoms with van der Waals surface area (Å²) in [6, 6.07) is 1.69. The summed E-state index contributed by atoms with van der Waals surface area (Å²) in [5, 5.41) is 9.28. The van der Waals surface area contributed by atoms with Gasteiger partial charge in [0.1, 0.15) is 6.04 Å². The number of carbonyl (C=O) groups excluding carboxylic acids is 2. The average molecular weight is 260 g/mol. The van der Waals surface area contributed by atoms with Crippen LogP contribution in [-0.2, 0) is 9.59 Å². The molecule has 1 atom stereocenters. The van der Waals surface area contributed by atoms with Crippen LogP contribution in [0.5, 0.6) is 0 Å². The molecule has 4 nitrogen and oxygen atoms in total. The number of amides is 2. The zero-order valence-corrected chi connectivity index (χ0v) is 11.2. The van der Waals surface area contributed by atoms with Crippen LogP contribution in [0.4, 0.5) is 0 Å². The van der Waals surface area contributed by atoms with Gasteiger partial charge in [0, 0.05) is 6.42 Å². The summed E-state index contributed by atoms with van der Waals surface area (Å²) >= 11 is 0. The molecule has 1 unspecified atom stereocenters. The molecule has 2 aliphatic carbocycles. The molecule has 1 heterocycles. The van der Waals surface area contributed by atoms with E-state index in [-0.39, 0.29) is 17.7 Å². The average Bonchev–Trinajstić information content (AvgIpc) is 3.19. The molecule has 1 aliphatic heterocycles. The number of hydrogen-bond donors (Lipinski definition) is 0. The minimum Gasteiger partial charge on any atom is -0.274 e. The third-order valence-corrected chi connectivity index (χ3v) is 4.97. The Kier molecular flexibility index (Phi) is 3.08. The van der Waals surface area contributed by atoms with Gasteiger partial charge in [-0.15, -0.1) is 0 Å². The highest BCUT2D eigenvalue weighted by atomic mass is 16.2. The van der Waals surface area contributed by atoms with Gasteiger partial charge < -0.3 is 0 Å². The Morgan fingerprint density at radius 3 is 2.32 bits per heavy atom. The predicted molar refractivity (Wildman–Crippen MR) is 68.7 cm³/mol. The lowest BCUT2D eigenvalue weighted by atomic mass is 9.79. The van der Waals surface area contributed by atoms with Gasteiger partial charge >= 0.3 is 0 Å². The van der Waals surface area contributed by atoms with Crippen molar-refractivity contribution < 1.29 is 9.59 Å². The van der Waals surface area contributed by atoms with Crippen molar-refractivity contribution in [2.75, 3.05) is 0 Å². The largest absolute Gasteiger partial charge is 0.274 e. The minimum atomic E-state index is -0.498. The van der Waals surface area contributed by atoms with Crippen molar-refractivity contribution in [2.24, 2.45) is 11.3 Å². The molecular weight excluding hydrogens is 240 g/mol. The topological polar surface area (TPSA) is 61.2 Å². The highest BCUT2D eigenvalue weighted by molar-refractivity contribution is 6.06. The van der Waals surface area contributed by atoms with Gasteiger partial charge in [0.05, 0.1) is 11.5 Å². The molecule has 2 saturated carbocycles. The quantitative estimate of drug-likeness (QED) is 0.716. The minimum absolute atomic E-state index is 0.0437. The molecule has 19 heavy (non-hydrogen) atoms. The Morgan fingerprint density at radius 2 is 1.79 bits per heavy atom. The van der Waals surface area contributed by atoms with Gasteiger partial charge in [-0.2, -0.15) is 5.26 Å². The number of imide groups is 1. The molecule has 2 amide bonds. The summed E-state index contributed by atoms with van der Waals surface area (Å²) in [7, 11) is 0. The third-order valence-electron chi connectivity index (χ3n) is 4.97. The lowest BCUT2D eigenvalue weighted by Crippen LogP contribution is -2.43. The second-order valence-corrected chi connectivity index (χ2v) is 6.35. The van der Waals surface area contributed by atoms with E-state index >= 15 is 0 Å². The Balaban J connectivity index is 1.85. The maximum atomic E-state index is 12.7. The molecule has 3 aliphatic rings. The molecule has 1 spiro atoms. The van der Waals surface area contributed by atoms with Gasteiger partial charge in [-0.3, -0.25) is 14.5 Å². The number of likely N-dealkylation sites (tertiary alicyclic amines) is 1. The molecule has 3 rings (SSSR count). The standard InChI is InChI=1S/C15H20N2O2/c16-10-12(11-5-6-11)17-13(18)9-15(14(17)19)7-3-1-2-4-8-15/h11-12H,1-9H2. The van der Waals surface area contributed by atoms with Crippen molar-refractivity contribution in [3.05, 3.63) is 0 Å². The second kappa shape index (κ2) is 4.63. The molecule has 0 radical (unpaired) electrons. The summed E-state index contributed by atoms with van der Waals surface area (Å²) in [5.74, 6) is 0.0852. The molecule has 1 saturated heterocycles. The van der Waals surface area contributed by atoms with E-state index in [0.717, 1.165) is 51.4 Å². The number of rotatable bonds is 2. The summed E-state index contributed by atoms with van der Waals surface area (Å²) < 4.78 is 0. The van der Waals surface area contributed by atoms with Crippen LogP contribution < -0.4 is 0 Å². The van der Waals surface area contributed by atoms with Crippen LogP contribution in [0.25, 0.3) is 0 Å². The first-order valence-corrected chi connectivity index (χ1v) is 7.44. The Labute approximate surface area is 113 Å². The van der Waals surface area contributed by atoms with E-state index in [9.17, 15) is 14.9 Å². The van der Waals surface area contributed by atoms with E-state index in [1.807, 2.05) is 0 Å². The molecule has 3 fully saturated rings. The first kappa shape index (κ1) is 12.7. The van der Waals surface area contributed by atoms with Gasteiger partial charge in [0.15, 0.2) is 0 Å². The number of hydrogen-bond acceptors (Lipinski definition) is 3. The second-order valence-electron chi connectivity index (χ2n) is 6.35. The van der Waals surface area contributed by atoms with E-state index in [0.29, 0.717) is 6.42 Å². The lowest BCUT2D eigenvalue weighted by molar-refractivity contribution is -0.143. The zero-order valence-electron chi connectivity index (χ0n) is 11.2. The van der Waals surface area contributed by atoms with Crippen LogP contribution in [0.3, 0.4) is 0 Å². The molecule has 0 aromatic carbocycles. The van der Waals surface area contributed by atoms with Crippen molar-refractivity contribution in [3.8, 4) is 6.07 Å². The predicted octanol–water partition coefficient (Wildman–Crippen LogP) is 2.39. The normalized spacial score (nSPS) is 28.3. The Morgan fingerprint density at radius 1 is 1.16 bits per heavy atom. The molecule has 4 heteroatoms. The maximum absolute atomic E-state index is 12.7. The van der Waals surface area contributed by atoms with E-state index in [2.05, 4.69) is 6.07 Å². The van der Waals surface area contributed by atoms with Gasteiger partial charge in [0.25, 0.3) is 0 Å². The Bertz CT molecular complexity index is 440. The van der Waals surface area contributed by atoms with E-state index in [4.69, 9.17) is 0 Å². The molecule has 0 bridgehead atoms. The number of nitrogens with zero attached hydrogens (tertiary/aromatic N) is 2. The van der Waals surface area contributed by atoms with E-state index in [1.54, 1.807) is 0 Å². The molecule has 0 N–H and O–H groups in total. The Hall–Kier alpha value is -1.37. The molecule has 0 aromatic rings. The molecule has 102 valence electrons. The van der Waals surface area contributed by atoms with Crippen molar-refractivity contribution in [3.63, 3.8) is 0 Å². The van der Waals surface area contributed by atoms with Crippen molar-refractivity contribution in [2.45, 2.75) is 63.8 Å². The van der Waals surface area contributed by atoms with E-state index in [1.165, 1.54) is 4.90 Å². The third kappa shape index (κ3) is 2.05. The molecule has 0 aromatic heterocycles. The fourth-order valence-electron chi connectivity index (χ4n) is 3.68. The van der Waals surface area contributed by atoms with Crippen molar-refractivity contribution in [1.82, 2.24) is 4.90 Å². The summed E-state index contributed by atoms with van der Waals surface area (Å²) in [5.41, 5.74) is -0.461. The number of carbonyl (C=O) groups is 2. The SMILES string of the molecule is N#CC(C1CC1)N1C(=O)CC2(CCCCCC2)C1=O. The summed E-state index contributed by atoms with van der Waals surface area (Å²) in [4.78, 5) is 26.3. The number of nitriles is 1. The first-order valence-electron chi connectivity index (χ1n) is 7.44. The zero-order chi connectivity index (χ0) is 13.5. The summed E-state index contributed by atoms with van der Waals surface area (Å²) in [6.07, 6.45) is 8.34. The fraction of sp³-hybridized carbons (Fsp3) is 0.800. The van der Waals surface area contributed by atoms with Gasteiger partial charge in [-0.05, 0) is 31.6 Å². The fourth-order valence-corrected chi connectivity index (χ4v) is 3.68. The maximum Gasteiger partial charge on any atom is 0.237 e. The highest BCUT2D eigenvalue weighted by Crippen LogP contribution is 2.47. The molecular formula is C15H20N2O2. The van der Waals surface area contributed by atoms with Gasteiger partial charge in [-0.1, -0.05) is 25.7 Å². The van der Waals surface area contributed by atoms with Gasteiger partial charge in [-0.25, -0.2) is 0 Å². The van der Waals surface area contributed by atoms with Crippen LogP contribution in [0.1, 0.15) is 57.8 Å². The van der Waals surface area contributed by atoms with Gasteiger partial charge in [0.2, 0.25) is 11.8 Å².